The summed E-state index contributed by atoms with van der Waals surface area (Å²) in [5.74, 6) is -10.7. The fraction of sp³-hybridized carbons (Fsp3) is 0.785. The SMILES string of the molecule is CC/C=C/C[C@@H](C)[C@@H](OC(C)=O)[C@H]1C(=O)N[C@@H](CC)C(=O)N(C)CC(=O)N(C)[C@@H](CC(C)C)C(=O)N[C@@H](C(C)C)C(=O)N(C)[C@@H](CC(C)C)C(=O)N[C@@H](C)C(=O)N[C@H](C)C(=O)N(C)[C@@H](CC(C)C)C(=O)N(C)[C@@H](CC(C)C)C(=O)N(C)[C@@H](C(C)C)C(=O)N1C. The Morgan fingerprint density at radius 2 is 0.899 bits per heavy atom. The Morgan fingerprint density at radius 3 is 1.35 bits per heavy atom. The summed E-state index contributed by atoms with van der Waals surface area (Å²) in [7, 11) is 9.91. The molecule has 1 aliphatic heterocycles. The van der Waals surface area contributed by atoms with E-state index >= 15 is 19.2 Å². The number of carbonyl (C=O) groups is 12. The molecule has 11 amide bonds. The number of rotatable bonds is 17. The first-order valence-electron chi connectivity index (χ1n) is 32.0. The van der Waals surface area contributed by atoms with Crippen molar-refractivity contribution in [2.75, 3.05) is 55.9 Å². The van der Waals surface area contributed by atoms with Gasteiger partial charge >= 0.3 is 5.97 Å². The average molecular weight is 1260 g/mol. The minimum Gasteiger partial charge on any atom is -0.459 e. The third-order valence-electron chi connectivity index (χ3n) is 16.5. The third-order valence-corrected chi connectivity index (χ3v) is 16.5. The van der Waals surface area contributed by atoms with Crippen molar-refractivity contribution in [3.8, 4) is 0 Å². The second-order valence-electron chi connectivity index (χ2n) is 27.0. The summed E-state index contributed by atoms with van der Waals surface area (Å²) >= 11 is 0. The Balaban J connectivity index is 4.45. The fourth-order valence-electron chi connectivity index (χ4n) is 11.2. The summed E-state index contributed by atoms with van der Waals surface area (Å²) in [6, 6.07) is -12.5. The van der Waals surface area contributed by atoms with Crippen LogP contribution in [-0.4, -0.2) is 228 Å². The van der Waals surface area contributed by atoms with Crippen molar-refractivity contribution in [3.63, 3.8) is 0 Å². The van der Waals surface area contributed by atoms with Gasteiger partial charge in [0.05, 0.1) is 6.54 Å². The van der Waals surface area contributed by atoms with Crippen molar-refractivity contribution in [3.05, 3.63) is 12.2 Å². The predicted molar refractivity (Wildman–Crippen MR) is 343 cm³/mol. The molecule has 89 heavy (non-hydrogen) atoms. The lowest BCUT2D eigenvalue weighted by Crippen LogP contribution is -2.64. The molecule has 0 bridgehead atoms. The van der Waals surface area contributed by atoms with E-state index in [0.717, 1.165) is 9.80 Å². The number of hydrogen-bond donors (Lipinski definition) is 4. The molecule has 0 unspecified atom stereocenters. The van der Waals surface area contributed by atoms with Crippen LogP contribution in [0.3, 0.4) is 0 Å². The molecule has 0 saturated carbocycles. The fourth-order valence-corrected chi connectivity index (χ4v) is 11.2. The molecule has 12 atom stereocenters. The quantitative estimate of drug-likeness (QED) is 0.117. The van der Waals surface area contributed by atoms with Gasteiger partial charge in [0.15, 0.2) is 0 Å². The zero-order valence-corrected chi connectivity index (χ0v) is 58.6. The number of ether oxygens (including phenoxy) is 1. The normalized spacial score (nSPS) is 26.1. The number of likely N-dealkylation sites (N-methyl/N-ethyl adjacent to an activating group) is 7. The lowest BCUT2D eigenvalue weighted by Gasteiger charge is -2.42. The highest BCUT2D eigenvalue weighted by Gasteiger charge is 2.47. The number of allylic oxidation sites excluding steroid dienone is 2. The molecule has 508 valence electrons. The van der Waals surface area contributed by atoms with Gasteiger partial charge in [0.1, 0.15) is 66.5 Å². The maximum Gasteiger partial charge on any atom is 0.303 e. The number of carbonyl (C=O) groups excluding carboxylic acids is 12. The van der Waals surface area contributed by atoms with Gasteiger partial charge in [-0.3, -0.25) is 57.5 Å². The van der Waals surface area contributed by atoms with Gasteiger partial charge in [-0.2, -0.15) is 0 Å². The van der Waals surface area contributed by atoms with Gasteiger partial charge in [-0.05, 0) is 100 Å². The van der Waals surface area contributed by atoms with E-state index in [0.29, 0.717) is 12.8 Å². The van der Waals surface area contributed by atoms with Crippen LogP contribution in [0.5, 0.6) is 0 Å². The van der Waals surface area contributed by atoms with Gasteiger partial charge in [0.25, 0.3) is 0 Å². The van der Waals surface area contributed by atoms with Crippen LogP contribution in [0.1, 0.15) is 170 Å². The molecule has 0 aromatic carbocycles. The molecule has 0 aliphatic carbocycles. The van der Waals surface area contributed by atoms with Crippen LogP contribution >= 0.6 is 0 Å². The van der Waals surface area contributed by atoms with Crippen LogP contribution in [0.25, 0.3) is 0 Å². The van der Waals surface area contributed by atoms with Gasteiger partial charge in [0.2, 0.25) is 65.0 Å². The molecule has 0 spiro atoms. The van der Waals surface area contributed by atoms with E-state index in [1.807, 2.05) is 74.5 Å². The summed E-state index contributed by atoms with van der Waals surface area (Å²) in [6.07, 6.45) is 4.03. The molecule has 1 fully saturated rings. The van der Waals surface area contributed by atoms with Gasteiger partial charge in [-0.1, -0.05) is 116 Å². The summed E-state index contributed by atoms with van der Waals surface area (Å²) in [5.41, 5.74) is 0. The lowest BCUT2D eigenvalue weighted by atomic mass is 9.91. The van der Waals surface area contributed by atoms with Crippen LogP contribution in [0.4, 0.5) is 0 Å². The summed E-state index contributed by atoms with van der Waals surface area (Å²) < 4.78 is 5.96. The molecular weight excluding hydrogens is 1140 g/mol. The molecule has 0 aromatic heterocycles. The smallest absolute Gasteiger partial charge is 0.303 e. The van der Waals surface area contributed by atoms with Crippen LogP contribution in [0.2, 0.25) is 0 Å². The summed E-state index contributed by atoms with van der Waals surface area (Å²) in [5, 5.41) is 11.0. The van der Waals surface area contributed by atoms with Crippen molar-refractivity contribution < 1.29 is 62.3 Å². The minimum absolute atomic E-state index is 0.00213. The number of hydrogen-bond acceptors (Lipinski definition) is 13. The Kier molecular flexibility index (Phi) is 33.3. The minimum atomic E-state index is -1.61. The summed E-state index contributed by atoms with van der Waals surface area (Å²) in [4.78, 5) is 183. The van der Waals surface area contributed by atoms with Gasteiger partial charge in [-0.15, -0.1) is 0 Å². The van der Waals surface area contributed by atoms with E-state index in [-0.39, 0.29) is 55.8 Å². The predicted octanol–water partition coefficient (Wildman–Crippen LogP) is 4.23. The number of amides is 11. The first-order valence-corrected chi connectivity index (χ1v) is 32.0. The number of esters is 1. The van der Waals surface area contributed by atoms with Crippen molar-refractivity contribution in [1.29, 1.82) is 0 Å². The molecule has 4 N–H and O–H groups in total. The second-order valence-corrected chi connectivity index (χ2v) is 27.0. The Labute approximate surface area is 532 Å². The van der Waals surface area contributed by atoms with Crippen LogP contribution in [0.15, 0.2) is 12.2 Å². The maximum atomic E-state index is 15.4. The van der Waals surface area contributed by atoms with E-state index in [1.165, 1.54) is 94.6 Å². The number of nitrogens with one attached hydrogen (secondary N) is 4. The number of nitrogens with zero attached hydrogens (tertiary/aromatic N) is 7. The van der Waals surface area contributed by atoms with Crippen LogP contribution < -0.4 is 21.3 Å². The van der Waals surface area contributed by atoms with Crippen molar-refractivity contribution in [1.82, 2.24) is 55.6 Å². The molecule has 1 saturated heterocycles. The average Bonchev–Trinajstić information content (AvgIpc) is 0.961. The van der Waals surface area contributed by atoms with E-state index in [9.17, 15) is 38.4 Å². The van der Waals surface area contributed by atoms with Gasteiger partial charge < -0.3 is 60.3 Å². The topological polar surface area (TPSA) is 285 Å². The van der Waals surface area contributed by atoms with Gasteiger partial charge in [0, 0.05) is 56.3 Å². The zero-order valence-electron chi connectivity index (χ0n) is 58.6. The molecule has 24 heteroatoms. The molecular formula is C65H115N11O13. The highest BCUT2D eigenvalue weighted by molar-refractivity contribution is 5.99. The van der Waals surface area contributed by atoms with Gasteiger partial charge in [-0.25, -0.2) is 0 Å². The first-order chi connectivity index (χ1) is 41.1. The third kappa shape index (κ3) is 23.3. The standard InChI is InChI=1S/C65H115N11O13/c1-26-28-29-30-42(15)55(89-45(18)77)54-59(82)68-46(27-2)61(84)70(19)35-51(78)71(20)47(31-36(3)4)58(81)69-52(40(11)12)64(87)72(21)48(32-37(5)6)57(80)66-43(16)56(79)67-44(17)60(83)73(22)49(33-38(7)8)62(85)74(23)50(34-39(9)10)63(86)75(24)53(41(13)14)65(88)76(54)25/h28-29,36-44,46-50,52-55H,26-27,30-35H2,1-25H3,(H,66,80)(H,67,79)(H,68,82)(H,69,81)/b29-28+/t42-,43+,44-,46+,47+,48+,49+,50+,52+,53+,54+,55-/m1/s1. The Morgan fingerprint density at radius 1 is 0.472 bits per heavy atom. The van der Waals surface area contributed by atoms with Crippen molar-refractivity contribution >= 4 is 70.9 Å². The molecule has 1 aliphatic rings. The Bertz CT molecular complexity index is 2470. The zero-order chi connectivity index (χ0) is 69.0. The summed E-state index contributed by atoms with van der Waals surface area (Å²) in [6.45, 7) is 30.6. The Hall–Kier alpha value is -6.62. The van der Waals surface area contributed by atoms with E-state index in [2.05, 4.69) is 21.3 Å². The molecule has 0 aromatic rings. The van der Waals surface area contributed by atoms with Crippen LogP contribution in [0, 0.1) is 41.4 Å². The van der Waals surface area contributed by atoms with Crippen molar-refractivity contribution in [2.24, 2.45) is 41.4 Å². The molecule has 0 radical (unpaired) electrons. The highest BCUT2D eigenvalue weighted by Crippen LogP contribution is 2.27. The molecule has 1 rings (SSSR count). The second kappa shape index (κ2) is 36.9. The van der Waals surface area contributed by atoms with Crippen LogP contribution in [-0.2, 0) is 62.3 Å². The lowest BCUT2D eigenvalue weighted by molar-refractivity contribution is -0.164. The van der Waals surface area contributed by atoms with Crippen molar-refractivity contribution in [2.45, 2.75) is 236 Å². The maximum absolute atomic E-state index is 15.4. The van der Waals surface area contributed by atoms with E-state index < -0.39 is 162 Å². The molecule has 1 heterocycles. The largest absolute Gasteiger partial charge is 0.459 e. The van der Waals surface area contributed by atoms with E-state index in [4.69, 9.17) is 4.74 Å². The first kappa shape index (κ1) is 80.4. The molecule has 24 nitrogen and oxygen atoms in total. The highest BCUT2D eigenvalue weighted by atomic mass is 16.5. The van der Waals surface area contributed by atoms with E-state index in [1.54, 1.807) is 41.5 Å². The monoisotopic (exact) mass is 1260 g/mol.